The zero-order chi connectivity index (χ0) is 14.8. The summed E-state index contributed by atoms with van der Waals surface area (Å²) in [6.07, 6.45) is 2.84. The minimum absolute atomic E-state index is 0.119. The van der Waals surface area contributed by atoms with E-state index in [-0.39, 0.29) is 30.5 Å². The molecule has 0 spiro atoms. The third kappa shape index (κ3) is 6.50. The maximum Gasteiger partial charge on any atom is 0.306 e. The van der Waals surface area contributed by atoms with Crippen molar-refractivity contribution in [1.82, 2.24) is 0 Å². The van der Waals surface area contributed by atoms with Crippen molar-refractivity contribution in [2.24, 2.45) is 0 Å². The molecule has 0 radical (unpaired) electrons. The highest BCUT2D eigenvalue weighted by Gasteiger charge is 2.13. The first-order chi connectivity index (χ1) is 9.63. The number of esters is 1. The Balaban J connectivity index is 2.25. The van der Waals surface area contributed by atoms with Gasteiger partial charge in [-0.1, -0.05) is 50.6 Å². The van der Waals surface area contributed by atoms with E-state index in [1.807, 2.05) is 44.2 Å². The predicted molar refractivity (Wildman–Crippen MR) is 79.6 cm³/mol. The number of ketones is 1. The van der Waals surface area contributed by atoms with Gasteiger partial charge in [0.1, 0.15) is 5.78 Å². The van der Waals surface area contributed by atoms with Crippen LogP contribution in [0, 0.1) is 0 Å². The van der Waals surface area contributed by atoms with Crippen LogP contribution in [-0.4, -0.2) is 18.4 Å². The molecule has 0 aromatic heterocycles. The van der Waals surface area contributed by atoms with Crippen LogP contribution in [0.3, 0.4) is 0 Å². The molecule has 1 unspecified atom stereocenters. The summed E-state index contributed by atoms with van der Waals surface area (Å²) >= 11 is 0. The Kier molecular flexibility index (Phi) is 7.63. The maximum atomic E-state index is 11.9. The van der Waals surface area contributed by atoms with Gasteiger partial charge in [0.15, 0.2) is 0 Å². The van der Waals surface area contributed by atoms with Gasteiger partial charge in [-0.05, 0) is 17.9 Å². The standard InChI is InChI=1S/C17H24O3/c1-3-4-12-20-17(19)11-10-16(18)13-14(2)15-8-6-5-7-9-15/h5-9,14H,3-4,10-13H2,1-2H3. The monoisotopic (exact) mass is 276 g/mol. The van der Waals surface area contributed by atoms with Crippen molar-refractivity contribution in [2.45, 2.75) is 51.9 Å². The van der Waals surface area contributed by atoms with E-state index in [2.05, 4.69) is 0 Å². The van der Waals surface area contributed by atoms with Gasteiger partial charge < -0.3 is 4.74 Å². The van der Waals surface area contributed by atoms with Crippen molar-refractivity contribution in [1.29, 1.82) is 0 Å². The van der Waals surface area contributed by atoms with Crippen LogP contribution < -0.4 is 0 Å². The second-order valence-corrected chi connectivity index (χ2v) is 5.13. The number of benzene rings is 1. The Morgan fingerprint density at radius 3 is 2.50 bits per heavy atom. The fraction of sp³-hybridized carbons (Fsp3) is 0.529. The topological polar surface area (TPSA) is 43.4 Å². The summed E-state index contributed by atoms with van der Waals surface area (Å²) in [5.74, 6) is 0.0489. The molecule has 3 nitrogen and oxygen atoms in total. The second kappa shape index (κ2) is 9.29. The third-order valence-electron chi connectivity index (χ3n) is 3.27. The zero-order valence-corrected chi connectivity index (χ0v) is 12.4. The number of carbonyl (C=O) groups excluding carboxylic acids is 2. The van der Waals surface area contributed by atoms with E-state index in [4.69, 9.17) is 4.74 Å². The summed E-state index contributed by atoms with van der Waals surface area (Å²) in [6.45, 7) is 4.54. The summed E-state index contributed by atoms with van der Waals surface area (Å²) in [7, 11) is 0. The summed E-state index contributed by atoms with van der Waals surface area (Å²) in [6, 6.07) is 9.96. The molecule has 0 aliphatic carbocycles. The molecule has 0 bridgehead atoms. The SMILES string of the molecule is CCCCOC(=O)CCC(=O)CC(C)c1ccccc1. The first-order valence-electron chi connectivity index (χ1n) is 7.35. The number of unbranched alkanes of at least 4 members (excludes halogenated alkanes) is 1. The molecule has 0 fully saturated rings. The van der Waals surface area contributed by atoms with Crippen LogP contribution in [0.1, 0.15) is 57.4 Å². The number of carbonyl (C=O) groups is 2. The number of hydrogen-bond donors (Lipinski definition) is 0. The van der Waals surface area contributed by atoms with Gasteiger partial charge in [0.25, 0.3) is 0 Å². The quantitative estimate of drug-likeness (QED) is 0.508. The van der Waals surface area contributed by atoms with Gasteiger partial charge in [0.2, 0.25) is 0 Å². The predicted octanol–water partition coefficient (Wildman–Crippen LogP) is 3.87. The average molecular weight is 276 g/mol. The first kappa shape index (κ1) is 16.4. The van der Waals surface area contributed by atoms with Crippen molar-refractivity contribution in [3.05, 3.63) is 35.9 Å². The molecular formula is C17H24O3. The van der Waals surface area contributed by atoms with E-state index in [1.165, 1.54) is 0 Å². The van der Waals surface area contributed by atoms with Gasteiger partial charge >= 0.3 is 5.97 Å². The zero-order valence-electron chi connectivity index (χ0n) is 12.4. The van der Waals surface area contributed by atoms with Crippen LogP contribution in [0.25, 0.3) is 0 Å². The normalized spacial score (nSPS) is 11.9. The van der Waals surface area contributed by atoms with Gasteiger partial charge in [-0.15, -0.1) is 0 Å². The average Bonchev–Trinajstić information content (AvgIpc) is 2.46. The molecule has 3 heteroatoms. The highest BCUT2D eigenvalue weighted by molar-refractivity contribution is 5.83. The van der Waals surface area contributed by atoms with Crippen LogP contribution in [-0.2, 0) is 14.3 Å². The molecule has 1 rings (SSSR count). The molecule has 110 valence electrons. The van der Waals surface area contributed by atoms with E-state index >= 15 is 0 Å². The van der Waals surface area contributed by atoms with Crippen molar-refractivity contribution in [3.8, 4) is 0 Å². The Labute approximate surface area is 121 Å². The second-order valence-electron chi connectivity index (χ2n) is 5.13. The third-order valence-corrected chi connectivity index (χ3v) is 3.27. The van der Waals surface area contributed by atoms with E-state index in [9.17, 15) is 9.59 Å². The smallest absolute Gasteiger partial charge is 0.306 e. The lowest BCUT2D eigenvalue weighted by molar-refractivity contribution is -0.145. The molecule has 1 aromatic carbocycles. The van der Waals surface area contributed by atoms with Gasteiger partial charge in [-0.25, -0.2) is 0 Å². The fourth-order valence-electron chi connectivity index (χ4n) is 1.99. The van der Waals surface area contributed by atoms with Crippen LogP contribution in [0.5, 0.6) is 0 Å². The lowest BCUT2D eigenvalue weighted by atomic mass is 9.94. The number of ether oxygens (including phenoxy) is 1. The fourth-order valence-corrected chi connectivity index (χ4v) is 1.99. The van der Waals surface area contributed by atoms with Gasteiger partial charge in [-0.3, -0.25) is 9.59 Å². The molecule has 0 aliphatic rings. The van der Waals surface area contributed by atoms with Crippen LogP contribution in [0.15, 0.2) is 30.3 Å². The first-order valence-corrected chi connectivity index (χ1v) is 7.35. The highest BCUT2D eigenvalue weighted by Crippen LogP contribution is 2.19. The molecule has 0 N–H and O–H groups in total. The molecule has 1 aromatic rings. The van der Waals surface area contributed by atoms with E-state index in [1.54, 1.807) is 0 Å². The van der Waals surface area contributed by atoms with Gasteiger partial charge in [0.05, 0.1) is 13.0 Å². The molecule has 20 heavy (non-hydrogen) atoms. The summed E-state index contributed by atoms with van der Waals surface area (Å²) in [4.78, 5) is 23.3. The maximum absolute atomic E-state index is 11.9. The van der Waals surface area contributed by atoms with E-state index < -0.39 is 0 Å². The minimum atomic E-state index is -0.265. The van der Waals surface area contributed by atoms with Crippen molar-refractivity contribution < 1.29 is 14.3 Å². The largest absolute Gasteiger partial charge is 0.466 e. The minimum Gasteiger partial charge on any atom is -0.466 e. The van der Waals surface area contributed by atoms with Crippen molar-refractivity contribution in [3.63, 3.8) is 0 Å². The highest BCUT2D eigenvalue weighted by atomic mass is 16.5. The Hall–Kier alpha value is -1.64. The van der Waals surface area contributed by atoms with Crippen molar-refractivity contribution in [2.75, 3.05) is 6.61 Å². The molecule has 0 saturated carbocycles. The molecule has 1 atom stereocenters. The molecule has 0 heterocycles. The summed E-state index contributed by atoms with van der Waals surface area (Å²) in [5.41, 5.74) is 1.16. The molecule has 0 saturated heterocycles. The van der Waals surface area contributed by atoms with E-state index in [0.29, 0.717) is 13.0 Å². The summed E-state index contributed by atoms with van der Waals surface area (Å²) in [5, 5.41) is 0. The van der Waals surface area contributed by atoms with Crippen LogP contribution >= 0.6 is 0 Å². The van der Waals surface area contributed by atoms with E-state index in [0.717, 1.165) is 18.4 Å². The Morgan fingerprint density at radius 2 is 1.85 bits per heavy atom. The molecular weight excluding hydrogens is 252 g/mol. The van der Waals surface area contributed by atoms with Crippen molar-refractivity contribution >= 4 is 11.8 Å². The Bertz CT molecular complexity index is 412. The number of rotatable bonds is 9. The molecule has 0 aliphatic heterocycles. The van der Waals surface area contributed by atoms with Crippen LogP contribution in [0.2, 0.25) is 0 Å². The molecule has 0 amide bonds. The van der Waals surface area contributed by atoms with Gasteiger partial charge in [0, 0.05) is 12.8 Å². The summed E-state index contributed by atoms with van der Waals surface area (Å²) < 4.78 is 5.03. The number of Topliss-reactive ketones (excluding diaryl/α,β-unsaturated/α-hetero) is 1. The Morgan fingerprint density at radius 1 is 1.15 bits per heavy atom. The number of hydrogen-bond acceptors (Lipinski definition) is 3. The van der Waals surface area contributed by atoms with Gasteiger partial charge in [-0.2, -0.15) is 0 Å². The lowest BCUT2D eigenvalue weighted by Crippen LogP contribution is -2.10. The lowest BCUT2D eigenvalue weighted by Gasteiger charge is -2.10. The van der Waals surface area contributed by atoms with Crippen LogP contribution in [0.4, 0.5) is 0 Å².